The fourth-order valence-electron chi connectivity index (χ4n) is 2.03. The Bertz CT molecular complexity index is 484. The van der Waals surface area contributed by atoms with Crippen molar-refractivity contribution in [2.24, 2.45) is 0 Å². The van der Waals surface area contributed by atoms with E-state index < -0.39 is 18.3 Å². The highest BCUT2D eigenvalue weighted by Gasteiger charge is 2.52. The summed E-state index contributed by atoms with van der Waals surface area (Å²) in [5.74, 6) is 0.138. The highest BCUT2D eigenvalue weighted by Crippen LogP contribution is 2.37. The van der Waals surface area contributed by atoms with E-state index in [9.17, 15) is 4.39 Å². The molecule has 1 heterocycles. The largest absolute Gasteiger partial charge is 0.498 e. The summed E-state index contributed by atoms with van der Waals surface area (Å²) < 4.78 is 31.1. The minimum absolute atomic E-state index is 0.0435. The minimum atomic E-state index is -0.547. The molecule has 1 aromatic rings. The molecule has 20 heavy (non-hydrogen) atoms. The van der Waals surface area contributed by atoms with Crippen LogP contribution in [0.3, 0.4) is 0 Å². The van der Waals surface area contributed by atoms with Crippen molar-refractivity contribution in [3.05, 3.63) is 24.0 Å². The number of hydrogen-bond donors (Lipinski definition) is 0. The second kappa shape index (κ2) is 5.04. The van der Waals surface area contributed by atoms with Gasteiger partial charge in [-0.05, 0) is 47.6 Å². The zero-order valence-corrected chi connectivity index (χ0v) is 13.0. The van der Waals surface area contributed by atoms with Gasteiger partial charge in [0.25, 0.3) is 0 Å². The van der Waals surface area contributed by atoms with Crippen molar-refractivity contribution in [1.82, 2.24) is 0 Å². The molecule has 1 aliphatic heterocycles. The van der Waals surface area contributed by atoms with Crippen LogP contribution in [0.25, 0.3) is 0 Å². The van der Waals surface area contributed by atoms with Crippen LogP contribution in [-0.4, -0.2) is 24.4 Å². The molecule has 0 atom stereocenters. The molecule has 1 saturated heterocycles. The Hall–Kier alpha value is -1.07. The van der Waals surface area contributed by atoms with Crippen LogP contribution in [0.5, 0.6) is 5.75 Å². The van der Waals surface area contributed by atoms with E-state index >= 15 is 0 Å². The molecule has 0 bridgehead atoms. The van der Waals surface area contributed by atoms with Gasteiger partial charge in [0, 0.05) is 11.5 Å². The second-order valence-corrected chi connectivity index (χ2v) is 6.44. The topological polar surface area (TPSA) is 27.7 Å². The van der Waals surface area contributed by atoms with Crippen molar-refractivity contribution in [2.75, 3.05) is 0 Å². The van der Waals surface area contributed by atoms with Crippen molar-refractivity contribution in [2.45, 2.75) is 58.8 Å². The fourth-order valence-corrected chi connectivity index (χ4v) is 2.03. The third kappa shape index (κ3) is 2.84. The molecule has 1 aliphatic rings. The Labute approximate surface area is 120 Å². The van der Waals surface area contributed by atoms with Gasteiger partial charge in [0.05, 0.1) is 17.3 Å². The molecule has 0 amide bonds. The second-order valence-electron chi connectivity index (χ2n) is 6.44. The molecule has 1 aromatic carbocycles. The van der Waals surface area contributed by atoms with Crippen LogP contribution in [-0.2, 0) is 9.31 Å². The lowest BCUT2D eigenvalue weighted by atomic mass is 9.78. The Morgan fingerprint density at radius 2 is 1.65 bits per heavy atom. The molecule has 0 spiro atoms. The van der Waals surface area contributed by atoms with E-state index in [0.29, 0.717) is 5.75 Å². The van der Waals surface area contributed by atoms with Crippen molar-refractivity contribution < 1.29 is 18.4 Å². The molecule has 5 heteroatoms. The van der Waals surface area contributed by atoms with E-state index in [0.717, 1.165) is 5.46 Å². The first-order valence-electron chi connectivity index (χ1n) is 6.94. The highest BCUT2D eigenvalue weighted by molar-refractivity contribution is 6.63. The molecular weight excluding hydrogens is 258 g/mol. The lowest BCUT2D eigenvalue weighted by Gasteiger charge is -2.32. The lowest BCUT2D eigenvalue weighted by Crippen LogP contribution is -2.41. The monoisotopic (exact) mass is 280 g/mol. The van der Waals surface area contributed by atoms with Crippen molar-refractivity contribution in [1.29, 1.82) is 0 Å². The van der Waals surface area contributed by atoms with Gasteiger partial charge in [-0.2, -0.15) is 0 Å². The quantitative estimate of drug-likeness (QED) is 0.797. The lowest BCUT2D eigenvalue weighted by molar-refractivity contribution is 0.00578. The third-order valence-electron chi connectivity index (χ3n) is 3.85. The summed E-state index contributed by atoms with van der Waals surface area (Å²) >= 11 is 0. The van der Waals surface area contributed by atoms with Gasteiger partial charge in [0.2, 0.25) is 0 Å². The van der Waals surface area contributed by atoms with E-state index in [1.54, 1.807) is 6.07 Å². The fraction of sp³-hybridized carbons (Fsp3) is 0.600. The molecule has 2 rings (SSSR count). The zero-order chi connectivity index (χ0) is 15.1. The van der Waals surface area contributed by atoms with Crippen LogP contribution in [0, 0.1) is 5.82 Å². The van der Waals surface area contributed by atoms with Gasteiger partial charge in [0.15, 0.2) is 0 Å². The standard InChI is InChI=1S/C15H22BFO3/c1-10(2)18-13-9-11(17)7-8-12(13)16-19-14(3,4)15(5,6)20-16/h7-10H,1-6H3. The SMILES string of the molecule is CC(C)Oc1cc(F)ccc1B1OC(C)(C)C(C)(C)O1. The summed E-state index contributed by atoms with van der Waals surface area (Å²) in [7, 11) is -0.547. The maximum absolute atomic E-state index is 13.4. The molecule has 0 aliphatic carbocycles. The predicted molar refractivity (Wildman–Crippen MR) is 77.9 cm³/mol. The van der Waals surface area contributed by atoms with E-state index in [1.165, 1.54) is 12.1 Å². The Kier molecular flexibility index (Phi) is 3.86. The van der Waals surface area contributed by atoms with Gasteiger partial charge >= 0.3 is 7.12 Å². The van der Waals surface area contributed by atoms with Crippen molar-refractivity contribution >= 4 is 12.6 Å². The Morgan fingerprint density at radius 1 is 1.10 bits per heavy atom. The number of ether oxygens (including phenoxy) is 1. The normalized spacial score (nSPS) is 20.5. The minimum Gasteiger partial charge on any atom is -0.491 e. The molecule has 1 fully saturated rings. The van der Waals surface area contributed by atoms with Gasteiger partial charge in [0.1, 0.15) is 11.6 Å². The van der Waals surface area contributed by atoms with Gasteiger partial charge in [-0.15, -0.1) is 0 Å². The Morgan fingerprint density at radius 3 is 2.15 bits per heavy atom. The molecule has 110 valence electrons. The molecule has 0 radical (unpaired) electrons. The van der Waals surface area contributed by atoms with Gasteiger partial charge < -0.3 is 14.0 Å². The molecule has 0 unspecified atom stereocenters. The summed E-state index contributed by atoms with van der Waals surface area (Å²) in [6, 6.07) is 4.43. The van der Waals surface area contributed by atoms with Crippen LogP contribution in [0.4, 0.5) is 4.39 Å². The predicted octanol–water partition coefficient (Wildman–Crippen LogP) is 2.91. The summed E-state index contributed by atoms with van der Waals surface area (Å²) in [6.45, 7) is 11.7. The van der Waals surface area contributed by atoms with Crippen LogP contribution in [0.1, 0.15) is 41.5 Å². The van der Waals surface area contributed by atoms with Gasteiger partial charge in [-0.3, -0.25) is 0 Å². The summed E-state index contributed by atoms with van der Waals surface area (Å²) in [5.41, 5.74) is -0.138. The van der Waals surface area contributed by atoms with Crippen molar-refractivity contribution in [3.8, 4) is 5.75 Å². The van der Waals surface area contributed by atoms with E-state index in [2.05, 4.69) is 0 Å². The molecule has 0 saturated carbocycles. The molecule has 3 nitrogen and oxygen atoms in total. The van der Waals surface area contributed by atoms with Gasteiger partial charge in [-0.1, -0.05) is 6.07 Å². The zero-order valence-electron chi connectivity index (χ0n) is 13.0. The molecule has 0 aromatic heterocycles. The van der Waals surface area contributed by atoms with Crippen LogP contribution in [0.15, 0.2) is 18.2 Å². The maximum Gasteiger partial charge on any atom is 0.498 e. The summed E-state index contributed by atoms with van der Waals surface area (Å²) in [5, 5.41) is 0. The Balaban J connectivity index is 2.34. The first-order valence-corrected chi connectivity index (χ1v) is 6.94. The number of benzene rings is 1. The first kappa shape index (κ1) is 15.3. The highest BCUT2D eigenvalue weighted by atomic mass is 19.1. The van der Waals surface area contributed by atoms with Gasteiger partial charge in [-0.25, -0.2) is 4.39 Å². The average Bonchev–Trinajstić information content (AvgIpc) is 2.46. The molecule has 0 N–H and O–H groups in total. The third-order valence-corrected chi connectivity index (χ3v) is 3.85. The van der Waals surface area contributed by atoms with Crippen LogP contribution >= 0.6 is 0 Å². The average molecular weight is 280 g/mol. The molecular formula is C15H22BFO3. The number of halogens is 1. The number of hydrogen-bond acceptors (Lipinski definition) is 3. The van der Waals surface area contributed by atoms with E-state index in [-0.39, 0.29) is 11.9 Å². The number of rotatable bonds is 3. The summed E-state index contributed by atoms with van der Waals surface area (Å²) in [4.78, 5) is 0. The van der Waals surface area contributed by atoms with E-state index in [1.807, 2.05) is 41.5 Å². The van der Waals surface area contributed by atoms with Crippen LogP contribution < -0.4 is 10.2 Å². The van der Waals surface area contributed by atoms with E-state index in [4.69, 9.17) is 14.0 Å². The van der Waals surface area contributed by atoms with Crippen molar-refractivity contribution in [3.63, 3.8) is 0 Å². The van der Waals surface area contributed by atoms with Crippen LogP contribution in [0.2, 0.25) is 0 Å². The maximum atomic E-state index is 13.4. The smallest absolute Gasteiger partial charge is 0.491 e. The first-order chi connectivity index (χ1) is 9.12. The summed E-state index contributed by atoms with van der Waals surface area (Å²) in [6.07, 6.45) is -0.0435.